The molecule has 0 aromatic rings. The molecular formula is C12H25NO3S. The maximum atomic E-state index is 11.5. The Kier molecular flexibility index (Phi) is 5.89. The Hall–Kier alpha value is -0.130. The Bertz CT molecular complexity index is 310. The van der Waals surface area contributed by atoms with E-state index >= 15 is 0 Å². The SMILES string of the molecule is CCS(=O)(=O)CC(C)NC(C)C1CCOCC1. The second-order valence-electron chi connectivity index (χ2n) is 5.01. The number of ether oxygens (including phenoxy) is 1. The molecule has 2 unspecified atom stereocenters. The number of sulfone groups is 1. The molecule has 1 rings (SSSR count). The zero-order chi connectivity index (χ0) is 12.9. The lowest BCUT2D eigenvalue weighted by Gasteiger charge is -2.30. The van der Waals surface area contributed by atoms with Gasteiger partial charge in [-0.1, -0.05) is 6.92 Å². The highest BCUT2D eigenvalue weighted by atomic mass is 32.2. The Morgan fingerprint density at radius 1 is 1.29 bits per heavy atom. The molecule has 0 bridgehead atoms. The van der Waals surface area contributed by atoms with Gasteiger partial charge < -0.3 is 10.1 Å². The Morgan fingerprint density at radius 3 is 2.41 bits per heavy atom. The van der Waals surface area contributed by atoms with Crippen LogP contribution in [0.2, 0.25) is 0 Å². The first-order valence-corrected chi connectivity index (χ1v) is 8.31. The third-order valence-electron chi connectivity index (χ3n) is 3.46. The summed E-state index contributed by atoms with van der Waals surface area (Å²) >= 11 is 0. The summed E-state index contributed by atoms with van der Waals surface area (Å²) in [4.78, 5) is 0. The van der Waals surface area contributed by atoms with Gasteiger partial charge >= 0.3 is 0 Å². The monoisotopic (exact) mass is 263 g/mol. The highest BCUT2D eigenvalue weighted by Crippen LogP contribution is 2.18. The van der Waals surface area contributed by atoms with Gasteiger partial charge in [0.05, 0.1) is 5.75 Å². The molecule has 1 aliphatic heterocycles. The van der Waals surface area contributed by atoms with Crippen LogP contribution in [0.4, 0.5) is 0 Å². The molecule has 1 saturated heterocycles. The highest BCUT2D eigenvalue weighted by Gasteiger charge is 2.23. The van der Waals surface area contributed by atoms with Crippen molar-refractivity contribution in [2.75, 3.05) is 24.7 Å². The van der Waals surface area contributed by atoms with Crippen LogP contribution in [0, 0.1) is 5.92 Å². The van der Waals surface area contributed by atoms with Crippen molar-refractivity contribution in [2.24, 2.45) is 5.92 Å². The van der Waals surface area contributed by atoms with Crippen LogP contribution in [-0.2, 0) is 14.6 Å². The third kappa shape index (κ3) is 5.36. The minimum absolute atomic E-state index is 0.0257. The number of nitrogens with one attached hydrogen (secondary N) is 1. The summed E-state index contributed by atoms with van der Waals surface area (Å²) in [5.74, 6) is 1.07. The van der Waals surface area contributed by atoms with Crippen molar-refractivity contribution in [2.45, 2.75) is 45.7 Å². The van der Waals surface area contributed by atoms with Crippen LogP contribution in [-0.4, -0.2) is 45.2 Å². The van der Waals surface area contributed by atoms with E-state index in [-0.39, 0.29) is 17.5 Å². The van der Waals surface area contributed by atoms with Crippen LogP contribution >= 0.6 is 0 Å². The molecule has 5 heteroatoms. The van der Waals surface area contributed by atoms with E-state index in [1.807, 2.05) is 6.92 Å². The minimum atomic E-state index is -2.88. The van der Waals surface area contributed by atoms with E-state index in [1.54, 1.807) is 6.92 Å². The van der Waals surface area contributed by atoms with Crippen LogP contribution < -0.4 is 5.32 Å². The fraction of sp³-hybridized carbons (Fsp3) is 1.00. The zero-order valence-corrected chi connectivity index (χ0v) is 11.9. The van der Waals surface area contributed by atoms with E-state index < -0.39 is 9.84 Å². The maximum Gasteiger partial charge on any atom is 0.151 e. The summed E-state index contributed by atoms with van der Waals surface area (Å²) in [5, 5.41) is 3.41. The summed E-state index contributed by atoms with van der Waals surface area (Å²) in [6, 6.07) is 0.388. The molecule has 102 valence electrons. The van der Waals surface area contributed by atoms with Gasteiger partial charge in [-0.25, -0.2) is 8.42 Å². The van der Waals surface area contributed by atoms with Crippen LogP contribution in [0.15, 0.2) is 0 Å². The van der Waals surface area contributed by atoms with E-state index in [0.717, 1.165) is 26.1 Å². The van der Waals surface area contributed by atoms with Gasteiger partial charge in [-0.15, -0.1) is 0 Å². The molecule has 0 amide bonds. The summed E-state index contributed by atoms with van der Waals surface area (Å²) in [7, 11) is -2.88. The molecular weight excluding hydrogens is 238 g/mol. The fourth-order valence-electron chi connectivity index (χ4n) is 2.35. The van der Waals surface area contributed by atoms with Crippen molar-refractivity contribution in [1.29, 1.82) is 0 Å². The fourth-order valence-corrected chi connectivity index (χ4v) is 3.44. The Morgan fingerprint density at radius 2 is 1.88 bits per heavy atom. The van der Waals surface area contributed by atoms with Crippen molar-refractivity contribution in [3.63, 3.8) is 0 Å². The zero-order valence-electron chi connectivity index (χ0n) is 11.1. The lowest BCUT2D eigenvalue weighted by Crippen LogP contribution is -2.44. The quantitative estimate of drug-likeness (QED) is 0.783. The maximum absolute atomic E-state index is 11.5. The van der Waals surface area contributed by atoms with Crippen LogP contribution in [0.25, 0.3) is 0 Å². The molecule has 0 aliphatic carbocycles. The molecule has 0 aromatic carbocycles. The first-order valence-electron chi connectivity index (χ1n) is 6.49. The number of hydrogen-bond donors (Lipinski definition) is 1. The van der Waals surface area contributed by atoms with Crippen LogP contribution in [0.5, 0.6) is 0 Å². The summed E-state index contributed by atoms with van der Waals surface area (Å²) in [6.07, 6.45) is 2.14. The van der Waals surface area contributed by atoms with Crippen LogP contribution in [0.1, 0.15) is 33.6 Å². The molecule has 0 aromatic heterocycles. The van der Waals surface area contributed by atoms with Crippen LogP contribution in [0.3, 0.4) is 0 Å². The van der Waals surface area contributed by atoms with E-state index in [9.17, 15) is 8.42 Å². The molecule has 1 heterocycles. The molecule has 4 nitrogen and oxygen atoms in total. The van der Waals surface area contributed by atoms with Crippen molar-refractivity contribution in [3.05, 3.63) is 0 Å². The normalized spacial score (nSPS) is 22.3. The molecule has 0 saturated carbocycles. The number of rotatable bonds is 6. The second-order valence-corrected chi connectivity index (χ2v) is 7.40. The van der Waals surface area contributed by atoms with Gasteiger partial charge in [-0.05, 0) is 32.6 Å². The van der Waals surface area contributed by atoms with Gasteiger partial charge in [0, 0.05) is 31.1 Å². The lowest BCUT2D eigenvalue weighted by molar-refractivity contribution is 0.0550. The van der Waals surface area contributed by atoms with E-state index in [2.05, 4.69) is 12.2 Å². The highest BCUT2D eigenvalue weighted by molar-refractivity contribution is 7.91. The standard InChI is InChI=1S/C12H25NO3S/c1-4-17(14,15)9-10(2)13-11(3)12-5-7-16-8-6-12/h10-13H,4-9H2,1-3H3. The second kappa shape index (κ2) is 6.71. The van der Waals surface area contributed by atoms with Gasteiger partial charge in [0.25, 0.3) is 0 Å². The first kappa shape index (κ1) is 14.9. The minimum Gasteiger partial charge on any atom is -0.381 e. The molecule has 1 fully saturated rings. The van der Waals surface area contributed by atoms with Gasteiger partial charge in [-0.2, -0.15) is 0 Å². The van der Waals surface area contributed by atoms with Gasteiger partial charge in [-0.3, -0.25) is 0 Å². The van der Waals surface area contributed by atoms with E-state index in [4.69, 9.17) is 4.74 Å². The predicted molar refractivity (Wildman–Crippen MR) is 69.9 cm³/mol. The Balaban J connectivity index is 2.36. The molecule has 1 N–H and O–H groups in total. The van der Waals surface area contributed by atoms with E-state index in [0.29, 0.717) is 12.0 Å². The average Bonchev–Trinajstić information content (AvgIpc) is 2.29. The Labute approximate surface area is 105 Å². The molecule has 0 radical (unpaired) electrons. The smallest absolute Gasteiger partial charge is 0.151 e. The van der Waals surface area contributed by atoms with Crippen molar-refractivity contribution in [1.82, 2.24) is 5.32 Å². The van der Waals surface area contributed by atoms with Crippen molar-refractivity contribution >= 4 is 9.84 Å². The molecule has 0 spiro atoms. The topological polar surface area (TPSA) is 55.4 Å². The van der Waals surface area contributed by atoms with Gasteiger partial charge in [0.2, 0.25) is 0 Å². The first-order chi connectivity index (χ1) is 7.94. The number of hydrogen-bond acceptors (Lipinski definition) is 4. The summed E-state index contributed by atoms with van der Waals surface area (Å²) in [6.45, 7) is 7.45. The average molecular weight is 263 g/mol. The van der Waals surface area contributed by atoms with Gasteiger partial charge in [0.1, 0.15) is 0 Å². The van der Waals surface area contributed by atoms with Gasteiger partial charge in [0.15, 0.2) is 9.84 Å². The summed E-state index contributed by atoms with van der Waals surface area (Å²) < 4.78 is 28.3. The lowest BCUT2D eigenvalue weighted by atomic mass is 9.92. The largest absolute Gasteiger partial charge is 0.381 e. The molecule has 2 atom stereocenters. The third-order valence-corrected chi connectivity index (χ3v) is 5.35. The van der Waals surface area contributed by atoms with Crippen molar-refractivity contribution < 1.29 is 13.2 Å². The molecule has 17 heavy (non-hydrogen) atoms. The predicted octanol–water partition coefficient (Wildman–Crippen LogP) is 1.21. The van der Waals surface area contributed by atoms with Crippen molar-refractivity contribution in [3.8, 4) is 0 Å². The summed E-state index contributed by atoms with van der Waals surface area (Å²) in [5.41, 5.74) is 0. The van der Waals surface area contributed by atoms with E-state index in [1.165, 1.54) is 0 Å². The molecule has 1 aliphatic rings.